The number of nitrogens with one attached hydrogen (secondary N) is 6. The maximum absolute atomic E-state index is 13.1. The highest BCUT2D eigenvalue weighted by atomic mass is 32.2. The zero-order chi connectivity index (χ0) is 91.6. The number of phenols is 1. The van der Waals surface area contributed by atoms with Crippen molar-refractivity contribution in [2.75, 3.05) is 84.7 Å². The topological polar surface area (TPSA) is 411 Å². The maximum atomic E-state index is 13.1. The van der Waals surface area contributed by atoms with Crippen molar-refractivity contribution in [1.29, 1.82) is 0 Å². The average molecular weight is 1900 g/mol. The summed E-state index contributed by atoms with van der Waals surface area (Å²) < 4.78 is 71.7. The summed E-state index contributed by atoms with van der Waals surface area (Å²) in [5, 5.41) is 28.1. The van der Waals surface area contributed by atoms with Crippen molar-refractivity contribution in [1.82, 2.24) is 56.4 Å². The van der Waals surface area contributed by atoms with Gasteiger partial charge < -0.3 is 85.3 Å². The molecule has 7 rings (SSSR count). The molecule has 33 nitrogen and oxygen atoms in total. The Hall–Kier alpha value is -5.10. The summed E-state index contributed by atoms with van der Waals surface area (Å²) in [7, 11) is -8.98. The number of nitrogens with zero attached hydrogens (tertiary/aromatic N) is 5. The molecule has 6 fully saturated rings. The van der Waals surface area contributed by atoms with Gasteiger partial charge in [0, 0.05) is 139 Å². The molecule has 1 saturated carbocycles. The monoisotopic (exact) mass is 1900 g/mol. The van der Waals surface area contributed by atoms with Crippen molar-refractivity contribution < 1.29 is 104 Å². The molecule has 12 atom stereocenters. The van der Waals surface area contributed by atoms with Gasteiger partial charge in [-0.25, -0.2) is 9.13 Å². The van der Waals surface area contributed by atoms with Gasteiger partial charge in [-0.2, -0.15) is 0 Å². The van der Waals surface area contributed by atoms with Crippen LogP contribution in [0.25, 0.3) is 0 Å². The SMILES string of the molecule is C.C.C.C.C.C.CC(C)NCCC(=O)N1C[C@H](OP(=O)(O)OC[C@@H]2C[C@@H](OC(C)C)CN2C(=O)CCCC(=O)C(C)C)C[C@H]1COC(C)C.CC(C)NCCCC(=O)N1C[C@H](OC(C)C)C[C@H]1COP(=O)(O)O[C@@H]1C[C@@H](COC(C)C)N(C(=O)CCNC(C)C)C1.CC(C)NCSC1CC(=O)N(CC2CCC(C(=O)NC(Cc3ccc(O)cc3)C(=O)NC(C)C)CC2)C1=O. The fourth-order valence-electron chi connectivity index (χ4n) is 15.6. The van der Waals surface area contributed by atoms with E-state index >= 15 is 0 Å². The zero-order valence-corrected chi connectivity index (χ0v) is 80.0. The number of phenolic OH excluding ortho intramolecular Hbond substituents is 1. The first kappa shape index (κ1) is 126. The molecule has 1 aromatic rings. The van der Waals surface area contributed by atoms with Gasteiger partial charge in [0.15, 0.2) is 0 Å². The Bertz CT molecular complexity index is 3500. The number of carbonyl (C=O) groups is 9. The van der Waals surface area contributed by atoms with E-state index in [9.17, 15) is 67.2 Å². The smallest absolute Gasteiger partial charge is 0.472 e. The van der Waals surface area contributed by atoms with E-state index in [1.165, 1.54) is 16.7 Å². The van der Waals surface area contributed by atoms with Gasteiger partial charge in [0.2, 0.25) is 47.3 Å². The Morgan fingerprint density at radius 1 is 0.473 bits per heavy atom. The van der Waals surface area contributed by atoms with Crippen LogP contribution in [0, 0.1) is 17.8 Å². The van der Waals surface area contributed by atoms with Crippen LogP contribution in [0.2, 0.25) is 0 Å². The predicted octanol–water partition coefficient (Wildman–Crippen LogP) is 13.2. The maximum Gasteiger partial charge on any atom is 0.472 e. The Kier molecular flexibility index (Phi) is 61.8. The lowest BCUT2D eigenvalue weighted by Crippen LogP contribution is -2.51. The molecule has 1 aromatic carbocycles. The highest BCUT2D eigenvalue weighted by Crippen LogP contribution is 2.49. The number of imide groups is 1. The minimum Gasteiger partial charge on any atom is -0.508 e. The number of hydrogen-bond donors (Lipinski definition) is 9. The minimum absolute atomic E-state index is 0. The summed E-state index contributed by atoms with van der Waals surface area (Å²) in [6.07, 6.45) is 5.90. The van der Waals surface area contributed by atoms with Crippen molar-refractivity contribution >= 4 is 80.4 Å². The lowest BCUT2D eigenvalue weighted by molar-refractivity contribution is -0.140. The molecule has 36 heteroatoms. The Labute approximate surface area is 781 Å². The molecule has 4 unspecified atom stereocenters. The number of ketones is 1. The van der Waals surface area contributed by atoms with Gasteiger partial charge in [-0.1, -0.05) is 126 Å². The number of hydrogen-bond acceptors (Lipinski definition) is 25. The third kappa shape index (κ3) is 47.8. The summed E-state index contributed by atoms with van der Waals surface area (Å²) in [5.41, 5.74) is 0.840. The molecule has 0 bridgehead atoms. The Balaban J connectivity index is 0. The summed E-state index contributed by atoms with van der Waals surface area (Å²) >= 11 is 1.49. The number of aromatic hydroxyl groups is 1. The minimum atomic E-state index is -4.51. The average Bonchev–Trinajstić information content (AvgIpc) is 1.68. The van der Waals surface area contributed by atoms with Crippen LogP contribution >= 0.6 is 27.4 Å². The first-order valence-electron chi connectivity index (χ1n) is 45.1. The number of benzene rings is 1. The van der Waals surface area contributed by atoms with Crippen LogP contribution in [-0.4, -0.2) is 292 Å². The predicted molar refractivity (Wildman–Crippen MR) is 514 cm³/mol. The molecule has 754 valence electrons. The van der Waals surface area contributed by atoms with Crippen LogP contribution in [0.4, 0.5) is 0 Å². The molecular formula is C93H179N11O22P2S. The molecule has 129 heavy (non-hydrogen) atoms. The van der Waals surface area contributed by atoms with Gasteiger partial charge in [0.25, 0.3) is 0 Å². The van der Waals surface area contributed by atoms with Crippen LogP contribution in [0.1, 0.15) is 291 Å². The number of phosphoric ester groups is 2. The number of phosphoric acid groups is 2. The quantitative estimate of drug-likeness (QED) is 0.0127. The third-order valence-corrected chi connectivity index (χ3v) is 25.0. The van der Waals surface area contributed by atoms with Crippen LogP contribution in [0.5, 0.6) is 5.75 Å². The second-order valence-electron chi connectivity index (χ2n) is 36.5. The molecule has 5 heterocycles. The lowest BCUT2D eigenvalue weighted by Gasteiger charge is -2.31. The molecule has 6 aliphatic rings. The molecule has 8 amide bonds. The molecule has 9 N–H and O–H groups in total. The largest absolute Gasteiger partial charge is 0.508 e. The highest BCUT2D eigenvalue weighted by Gasteiger charge is 2.46. The van der Waals surface area contributed by atoms with Gasteiger partial charge >= 0.3 is 15.6 Å². The van der Waals surface area contributed by atoms with Crippen LogP contribution < -0.4 is 31.9 Å². The van der Waals surface area contributed by atoms with Crippen LogP contribution in [0.15, 0.2) is 24.3 Å². The fraction of sp³-hybridized carbons (Fsp3) is 0.839. The number of thioether (sulfide) groups is 1. The van der Waals surface area contributed by atoms with Gasteiger partial charge in [-0.05, 0) is 164 Å². The van der Waals surface area contributed by atoms with E-state index in [2.05, 4.69) is 45.7 Å². The van der Waals surface area contributed by atoms with Crippen LogP contribution in [0.3, 0.4) is 0 Å². The molecule has 1 aliphatic carbocycles. The van der Waals surface area contributed by atoms with Crippen molar-refractivity contribution in [2.24, 2.45) is 17.8 Å². The van der Waals surface area contributed by atoms with Crippen molar-refractivity contribution in [3.63, 3.8) is 0 Å². The van der Waals surface area contributed by atoms with E-state index in [-0.39, 0.29) is 232 Å². The van der Waals surface area contributed by atoms with Crippen molar-refractivity contribution in [3.8, 4) is 5.75 Å². The summed E-state index contributed by atoms with van der Waals surface area (Å²) in [5.74, 6) is -0.0860. The van der Waals surface area contributed by atoms with Crippen molar-refractivity contribution in [2.45, 2.75) is 407 Å². The van der Waals surface area contributed by atoms with Gasteiger partial charge in [0.1, 0.15) is 17.6 Å². The standard InChI is InChI=1S/C30H56N3O9P.C29H57N4O8P.C28H42N4O5S.6CH4/c1-20(2)28(34)10-9-11-29(35)32-16-26(41-23(7)8)14-25(32)19-40-43(37,38)42-27-15-24(18-39-22(5)6)33(17-27)30(36)12-13-31-21(3)4;1-20(2)30-12-9-10-28(34)32-16-26(40-23(7)8)14-25(32)19-39-42(36,37)41-27-15-24(18-38-22(5)6)33(17-27)29(35)11-13-31-21(3)4;1-17(2)29-16-38-24-14-25(34)32(28(24)37)15-20-5-9-21(10-6-20)26(35)31-23(27(36)30-18(3)4)13-19-7-11-22(33)12-8-19;;;;;;/h20-27,31H,9-19H2,1-8H3,(H,37,38);20-27,30-31H,9-19H2,1-8H3,(H,36,37);7-8,11-12,17-18,20-21,23-24,29,33H,5-6,9-10,13-16H2,1-4H3,(H,30,36)(H,31,35);6*1H4/t2*24-,25-,26+,27+;;;;;;;/m00......./s1. The van der Waals surface area contributed by atoms with E-state index in [4.69, 9.17) is 37.0 Å². The normalized spacial score (nSPS) is 22.7. The molecule has 0 radical (unpaired) electrons. The number of rotatable bonds is 50. The first-order chi connectivity index (χ1) is 57.8. The van der Waals surface area contributed by atoms with E-state index in [1.807, 2.05) is 125 Å². The second-order valence-corrected chi connectivity index (χ2v) is 40.5. The Morgan fingerprint density at radius 2 is 0.868 bits per heavy atom. The molecule has 0 aromatic heterocycles. The van der Waals surface area contributed by atoms with E-state index in [0.717, 1.165) is 24.9 Å². The van der Waals surface area contributed by atoms with E-state index < -0.39 is 46.0 Å². The number of amides is 8. The second kappa shape index (κ2) is 63.3. The van der Waals surface area contributed by atoms with Gasteiger partial charge in [-0.3, -0.25) is 66.1 Å². The Morgan fingerprint density at radius 3 is 1.27 bits per heavy atom. The van der Waals surface area contributed by atoms with Crippen LogP contribution in [-0.2, 0) is 95.7 Å². The van der Waals surface area contributed by atoms with Crippen molar-refractivity contribution in [3.05, 3.63) is 29.8 Å². The van der Waals surface area contributed by atoms with E-state index in [1.54, 1.807) is 43.9 Å². The fourth-order valence-corrected chi connectivity index (χ4v) is 18.7. The van der Waals surface area contributed by atoms with E-state index in [0.29, 0.717) is 147 Å². The van der Waals surface area contributed by atoms with Gasteiger partial charge in [0.05, 0.1) is 105 Å². The number of ether oxygens (including phenoxy) is 4. The molecule has 5 aliphatic heterocycles. The number of carbonyl (C=O) groups excluding carboxylic acids is 9. The highest BCUT2D eigenvalue weighted by molar-refractivity contribution is 8.00. The molecule has 5 saturated heterocycles. The first-order valence-corrected chi connectivity index (χ1v) is 49.2. The van der Waals surface area contributed by atoms with Gasteiger partial charge in [-0.15, -0.1) is 11.8 Å². The molecular weight excluding hydrogens is 1720 g/mol. The summed E-state index contributed by atoms with van der Waals surface area (Å²) in [4.78, 5) is 145. The lowest BCUT2D eigenvalue weighted by atomic mass is 9.81. The summed E-state index contributed by atoms with van der Waals surface area (Å²) in [6, 6.07) is 5.64. The third-order valence-electron chi connectivity index (χ3n) is 21.8. The summed E-state index contributed by atoms with van der Waals surface area (Å²) in [6.45, 7) is 42.7. The zero-order valence-electron chi connectivity index (χ0n) is 77.4. The molecule has 0 spiro atoms. The number of Topliss-reactive ketones (excluding diaryl/α,β-unsaturated/α-hetero) is 1. The number of likely N-dealkylation sites (tertiary alicyclic amines) is 5.